The van der Waals surface area contributed by atoms with Gasteiger partial charge in [0.15, 0.2) is 5.75 Å². The van der Waals surface area contributed by atoms with Crippen LogP contribution in [0, 0.1) is 41.5 Å². The summed E-state index contributed by atoms with van der Waals surface area (Å²) < 4.78 is 315. The number of rotatable bonds is 14. The van der Waals surface area contributed by atoms with Crippen molar-refractivity contribution in [3.8, 4) is 45.6 Å². The Kier molecular flexibility index (Phi) is 25.6. The van der Waals surface area contributed by atoms with E-state index >= 15 is 0 Å². The Balaban J connectivity index is 0.000000296. The van der Waals surface area contributed by atoms with Gasteiger partial charge in [0.25, 0.3) is 0 Å². The van der Waals surface area contributed by atoms with Crippen molar-refractivity contribution >= 4 is 50.6 Å². The van der Waals surface area contributed by atoms with Crippen LogP contribution in [-0.4, -0.2) is 69.6 Å². The monoisotopic (exact) mass is 1400 g/mol. The molecule has 0 spiro atoms. The van der Waals surface area contributed by atoms with Gasteiger partial charge in [0.1, 0.15) is 35.4 Å². The van der Waals surface area contributed by atoms with Gasteiger partial charge >= 0.3 is 78.1 Å². The Labute approximate surface area is 506 Å². The number of alkyl halides is 15. The first-order chi connectivity index (χ1) is 41.0. The van der Waals surface area contributed by atoms with Crippen LogP contribution < -0.4 is 25.7 Å². The van der Waals surface area contributed by atoms with E-state index in [0.717, 1.165) is 28.8 Å². The van der Waals surface area contributed by atoms with Gasteiger partial charge in [-0.1, -0.05) is 115 Å². The van der Waals surface area contributed by atoms with Gasteiger partial charge in [0, 0.05) is 5.56 Å². The van der Waals surface area contributed by atoms with E-state index in [1.54, 1.807) is 70.2 Å². The average molecular weight is 1400 g/mol. The largest absolute Gasteiger partial charge is 0.534 e. The van der Waals surface area contributed by atoms with Crippen molar-refractivity contribution in [2.45, 2.75) is 75.7 Å². The summed E-state index contributed by atoms with van der Waals surface area (Å²) in [5.41, 5.74) is -21.9. The third-order valence-electron chi connectivity index (χ3n) is 10.6. The molecule has 494 valence electrons. The summed E-state index contributed by atoms with van der Waals surface area (Å²) in [6, 6.07) is 40.5. The molecule has 36 heteroatoms. The highest BCUT2D eigenvalue weighted by molar-refractivity contribution is 7.89. The van der Waals surface area contributed by atoms with Crippen LogP contribution in [0.3, 0.4) is 0 Å². The maximum atomic E-state index is 12.3. The van der Waals surface area contributed by atoms with E-state index in [2.05, 4.69) is 20.9 Å². The number of hydrogen-bond acceptors (Lipinski definition) is 16. The Bertz CT molecular complexity index is 4110. The highest BCUT2D eigenvalue weighted by Crippen LogP contribution is 2.36. The summed E-state index contributed by atoms with van der Waals surface area (Å²) in [5.74, 6) is -1.40. The van der Waals surface area contributed by atoms with Crippen LogP contribution in [0.5, 0.6) is 34.5 Å². The highest BCUT2D eigenvalue weighted by atomic mass is 32.2. The van der Waals surface area contributed by atoms with Crippen LogP contribution in [-0.2, 0) is 57.2 Å². The quantitative estimate of drug-likeness (QED) is 0.0560. The summed E-state index contributed by atoms with van der Waals surface area (Å²) in [5, 5.41) is 0. The molecule has 0 unspecified atom stereocenters. The van der Waals surface area contributed by atoms with Gasteiger partial charge in [-0.2, -0.15) is 108 Å². The average Bonchev–Trinajstić information content (AvgIpc) is 0.930. The molecule has 0 amide bonds. The van der Waals surface area contributed by atoms with Crippen LogP contribution in [0.2, 0.25) is 0 Å². The van der Waals surface area contributed by atoms with Gasteiger partial charge in [0.05, 0.1) is 0 Å². The Hall–Kier alpha value is -7.96. The number of para-hydroxylation sites is 1. The summed E-state index contributed by atoms with van der Waals surface area (Å²) >= 11 is 0. The second-order valence-corrected chi connectivity index (χ2v) is 25.5. The smallest absolute Gasteiger partial charge is 0.489 e. The molecular formula is C54H47F15O16S5. The normalized spacial score (nSPS) is 12.3. The van der Waals surface area contributed by atoms with Gasteiger partial charge < -0.3 is 25.7 Å². The number of halogens is 15. The zero-order valence-electron chi connectivity index (χ0n) is 46.5. The van der Waals surface area contributed by atoms with Crippen LogP contribution in [0.25, 0.3) is 11.1 Å². The van der Waals surface area contributed by atoms with Gasteiger partial charge in [0.2, 0.25) is 0 Å². The molecule has 0 fully saturated rings. The predicted molar refractivity (Wildman–Crippen MR) is 295 cm³/mol. The maximum absolute atomic E-state index is 12.3. The first-order valence-electron chi connectivity index (χ1n) is 24.2. The summed E-state index contributed by atoms with van der Waals surface area (Å²) in [6.07, 6.45) is 0. The molecule has 0 aliphatic rings. The Morgan fingerprint density at radius 1 is 0.300 bits per heavy atom. The van der Waals surface area contributed by atoms with Gasteiger partial charge in [-0.15, -0.1) is 0 Å². The van der Waals surface area contributed by atoms with E-state index in [0.29, 0.717) is 33.6 Å². The van der Waals surface area contributed by atoms with Crippen LogP contribution in [0.15, 0.2) is 164 Å². The van der Waals surface area contributed by atoms with E-state index in [4.69, 9.17) is 4.74 Å². The van der Waals surface area contributed by atoms with Crippen molar-refractivity contribution in [3.05, 3.63) is 203 Å². The van der Waals surface area contributed by atoms with Crippen molar-refractivity contribution in [2.75, 3.05) is 0 Å². The van der Waals surface area contributed by atoms with Crippen LogP contribution in [0.4, 0.5) is 65.9 Å². The Morgan fingerprint density at radius 3 is 1.13 bits per heavy atom. The number of aryl methyl sites for hydroxylation is 6. The van der Waals surface area contributed by atoms with Crippen molar-refractivity contribution in [2.24, 2.45) is 0 Å². The summed E-state index contributed by atoms with van der Waals surface area (Å²) in [4.78, 5) is 0. The first kappa shape index (κ1) is 76.3. The number of ether oxygens (including phenoxy) is 1. The van der Waals surface area contributed by atoms with Gasteiger partial charge in [-0.05, 0) is 135 Å². The van der Waals surface area contributed by atoms with Crippen molar-refractivity contribution in [1.82, 2.24) is 0 Å². The molecular weight excluding hydrogens is 1350 g/mol. The number of benzene rings is 7. The third kappa shape index (κ3) is 23.1. The minimum atomic E-state index is -5.68. The molecule has 0 radical (unpaired) electrons. The van der Waals surface area contributed by atoms with E-state index in [9.17, 15) is 108 Å². The summed E-state index contributed by atoms with van der Waals surface area (Å²) in [6.45, 7) is 9.94. The molecule has 16 nitrogen and oxygen atoms in total. The SMILES string of the molecule is Cc1ccc(C)c(OS(=O)(=O)C(F)(F)F)c1.Cc1ccc(OS(=O)(=O)C(F)(F)F)c(C)c1.Cc1ccc(OS(=O)(=O)C(F)(F)F)cc1C.O=S(=O)(Oc1ccc(OCc2ccccc2)cc1)C(F)(F)F.O=S(=O)(Oc1ccccc1-c1ccccc1)C(F)(F)F. The lowest BCUT2D eigenvalue weighted by Gasteiger charge is -2.12. The maximum Gasteiger partial charge on any atom is 0.534 e. The number of hydrogen-bond donors (Lipinski definition) is 0. The van der Waals surface area contributed by atoms with E-state index in [-0.39, 0.29) is 35.2 Å². The first-order valence-corrected chi connectivity index (χ1v) is 31.2. The van der Waals surface area contributed by atoms with E-state index < -0.39 is 83.9 Å². The molecule has 7 aromatic rings. The standard InChI is InChI=1S/C14H11F3O4S.C13H9F3O3S.3C9H9F3O3S/c15-14(16,17)22(18,19)21-13-8-6-12(7-9-13)20-10-11-4-2-1-3-5-11;14-13(15,16)20(17,18)19-12-9-5-4-8-11(12)10-6-2-1-3-7-10;1-6-3-4-8(5-7(6)2)15-16(13,14)9(10,11)12;1-6-3-4-8(7(2)5-6)15-16(13,14)9(10,11)12;1-6-3-4-7(2)8(5-6)15-16(13,14)9(10,11)12/h1-9H,10H2;1-9H;3*3-5H,1-2H3. The molecule has 0 saturated carbocycles. The fourth-order valence-electron chi connectivity index (χ4n) is 6.03. The topological polar surface area (TPSA) is 226 Å². The molecule has 90 heavy (non-hydrogen) atoms. The predicted octanol–water partition coefficient (Wildman–Crippen LogP) is 14.7. The fraction of sp³-hybridized carbons (Fsp3) is 0.222. The van der Waals surface area contributed by atoms with Crippen LogP contribution >= 0.6 is 0 Å². The third-order valence-corrected chi connectivity index (χ3v) is 15.5. The molecule has 0 aliphatic heterocycles. The fourth-order valence-corrected chi connectivity index (χ4v) is 8.44. The minimum Gasteiger partial charge on any atom is -0.489 e. The molecule has 0 aliphatic carbocycles. The molecule has 7 aromatic carbocycles. The second kappa shape index (κ2) is 30.2. The summed E-state index contributed by atoms with van der Waals surface area (Å²) in [7, 11) is -28.1. The van der Waals surface area contributed by atoms with Gasteiger partial charge in [-0.3, -0.25) is 0 Å². The minimum absolute atomic E-state index is 0.265. The van der Waals surface area contributed by atoms with Crippen molar-refractivity contribution in [1.29, 1.82) is 0 Å². The Morgan fingerprint density at radius 2 is 0.667 bits per heavy atom. The molecule has 7 rings (SSSR count). The second-order valence-electron chi connectivity index (χ2n) is 17.8. The van der Waals surface area contributed by atoms with Crippen molar-refractivity contribution < 1.29 is 134 Å². The lowest BCUT2D eigenvalue weighted by Crippen LogP contribution is -2.28. The lowest BCUT2D eigenvalue weighted by molar-refractivity contribution is -0.0505. The zero-order valence-corrected chi connectivity index (χ0v) is 50.6. The highest BCUT2D eigenvalue weighted by Gasteiger charge is 2.52. The van der Waals surface area contributed by atoms with Gasteiger partial charge in [-0.25, -0.2) is 0 Å². The lowest BCUT2D eigenvalue weighted by atomic mass is 10.1. The molecule has 0 saturated heterocycles. The van der Waals surface area contributed by atoms with Crippen LogP contribution in [0.1, 0.15) is 38.9 Å². The molecule has 0 aromatic heterocycles. The van der Waals surface area contributed by atoms with E-state index in [1.807, 2.05) is 30.3 Å². The molecule has 0 atom stereocenters. The molecule has 0 bridgehead atoms. The van der Waals surface area contributed by atoms with Crippen molar-refractivity contribution in [3.63, 3.8) is 0 Å². The zero-order chi connectivity index (χ0) is 68.7. The molecule has 0 N–H and O–H groups in total. The van der Waals surface area contributed by atoms with E-state index in [1.165, 1.54) is 92.7 Å². The molecule has 0 heterocycles.